The van der Waals surface area contributed by atoms with Crippen LogP contribution in [0.4, 0.5) is 11.4 Å². The molecule has 6 nitrogen and oxygen atoms in total. The Labute approximate surface area is 129 Å². The fourth-order valence-electron chi connectivity index (χ4n) is 1.74. The van der Waals surface area contributed by atoms with Gasteiger partial charge in [-0.2, -0.15) is 13.5 Å². The molecule has 2 rings (SSSR count). The van der Waals surface area contributed by atoms with Crippen LogP contribution in [0, 0.1) is 0 Å². The van der Waals surface area contributed by atoms with Crippen LogP contribution >= 0.6 is 0 Å². The molecule has 0 spiro atoms. The van der Waals surface area contributed by atoms with E-state index in [9.17, 15) is 8.42 Å². The van der Waals surface area contributed by atoms with Crippen LogP contribution in [0.1, 0.15) is 5.56 Å². The van der Waals surface area contributed by atoms with Crippen LogP contribution in [0.25, 0.3) is 0 Å². The predicted molar refractivity (Wildman–Crippen MR) is 88.2 cm³/mol. The first-order chi connectivity index (χ1) is 10.4. The molecule has 0 heterocycles. The molecule has 2 aromatic carbocycles. The average Bonchev–Trinajstić information content (AvgIpc) is 2.47. The second kappa shape index (κ2) is 6.59. The molecule has 0 aliphatic heterocycles. The minimum Gasteiger partial charge on any atom is -0.378 e. The van der Waals surface area contributed by atoms with E-state index in [4.69, 9.17) is 4.55 Å². The summed E-state index contributed by atoms with van der Waals surface area (Å²) in [7, 11) is -0.218. The molecule has 2 N–H and O–H groups in total. The van der Waals surface area contributed by atoms with Crippen molar-refractivity contribution in [3.05, 3.63) is 54.1 Å². The summed E-state index contributed by atoms with van der Waals surface area (Å²) in [5, 5.41) is 4.08. The Kier molecular flexibility index (Phi) is 4.79. The van der Waals surface area contributed by atoms with Crippen molar-refractivity contribution in [3.63, 3.8) is 0 Å². The Bertz CT molecular complexity index is 752. The summed E-state index contributed by atoms with van der Waals surface area (Å²) >= 11 is 0. The standard InChI is InChI=1S/C15H17N3O3S/c1-18(2)14-7-3-12(4-8-14)11-16-17-13-5-9-15(10-6-13)22(19,20)21/h3-11,17H,1-2H3,(H,19,20,21)/b16-11+. The molecule has 0 bridgehead atoms. The summed E-state index contributed by atoms with van der Waals surface area (Å²) in [6.45, 7) is 0. The topological polar surface area (TPSA) is 82.0 Å². The molecule has 0 aliphatic rings. The summed E-state index contributed by atoms with van der Waals surface area (Å²) in [6, 6.07) is 13.5. The lowest BCUT2D eigenvalue weighted by molar-refractivity contribution is 0.483. The number of nitrogens with one attached hydrogen (secondary N) is 1. The van der Waals surface area contributed by atoms with E-state index in [1.807, 2.05) is 43.3 Å². The Hall–Kier alpha value is -2.38. The maximum atomic E-state index is 10.9. The van der Waals surface area contributed by atoms with E-state index in [0.717, 1.165) is 11.3 Å². The van der Waals surface area contributed by atoms with Gasteiger partial charge < -0.3 is 4.90 Å². The van der Waals surface area contributed by atoms with Gasteiger partial charge in [-0.15, -0.1) is 0 Å². The van der Waals surface area contributed by atoms with Crippen molar-refractivity contribution < 1.29 is 13.0 Å². The van der Waals surface area contributed by atoms with Gasteiger partial charge in [0.2, 0.25) is 0 Å². The Morgan fingerprint density at radius 1 is 1.05 bits per heavy atom. The SMILES string of the molecule is CN(C)c1ccc(/C=N/Nc2ccc(S(=O)(=O)O)cc2)cc1. The first-order valence-electron chi connectivity index (χ1n) is 6.50. The summed E-state index contributed by atoms with van der Waals surface area (Å²) in [5.41, 5.74) is 5.45. The lowest BCUT2D eigenvalue weighted by atomic mass is 10.2. The second-order valence-electron chi connectivity index (χ2n) is 4.86. The molecule has 0 atom stereocenters. The zero-order valence-electron chi connectivity index (χ0n) is 12.3. The van der Waals surface area contributed by atoms with Crippen LogP contribution in [0.3, 0.4) is 0 Å². The molecule has 0 saturated carbocycles. The van der Waals surface area contributed by atoms with Crippen LogP contribution in [0.15, 0.2) is 58.5 Å². The molecule has 7 heteroatoms. The number of nitrogens with zero attached hydrogens (tertiary/aromatic N) is 2. The highest BCUT2D eigenvalue weighted by Gasteiger charge is 2.07. The van der Waals surface area contributed by atoms with E-state index in [-0.39, 0.29) is 4.90 Å². The van der Waals surface area contributed by atoms with E-state index in [0.29, 0.717) is 5.69 Å². The first-order valence-corrected chi connectivity index (χ1v) is 7.94. The van der Waals surface area contributed by atoms with Crippen molar-refractivity contribution in [2.24, 2.45) is 5.10 Å². The molecule has 0 aliphatic carbocycles. The van der Waals surface area contributed by atoms with E-state index >= 15 is 0 Å². The molecular formula is C15H17N3O3S. The number of hydrogen-bond donors (Lipinski definition) is 2. The molecular weight excluding hydrogens is 302 g/mol. The van der Waals surface area contributed by atoms with Crippen molar-refractivity contribution in [2.75, 3.05) is 24.4 Å². The molecule has 2 aromatic rings. The number of anilines is 2. The quantitative estimate of drug-likeness (QED) is 0.502. The van der Waals surface area contributed by atoms with Crippen LogP contribution < -0.4 is 10.3 Å². The van der Waals surface area contributed by atoms with E-state index in [2.05, 4.69) is 10.5 Å². The normalized spacial score (nSPS) is 11.6. The number of rotatable bonds is 5. The van der Waals surface area contributed by atoms with Crippen molar-refractivity contribution in [1.82, 2.24) is 0 Å². The third kappa shape index (κ3) is 4.31. The van der Waals surface area contributed by atoms with Crippen molar-refractivity contribution in [2.45, 2.75) is 4.90 Å². The van der Waals surface area contributed by atoms with Gasteiger partial charge in [0.25, 0.3) is 10.1 Å². The van der Waals surface area contributed by atoms with Crippen molar-refractivity contribution in [1.29, 1.82) is 0 Å². The fourth-order valence-corrected chi connectivity index (χ4v) is 2.22. The molecule has 0 aromatic heterocycles. The molecule has 0 radical (unpaired) electrons. The minimum absolute atomic E-state index is 0.152. The molecule has 0 fully saturated rings. The largest absolute Gasteiger partial charge is 0.378 e. The molecule has 116 valence electrons. The van der Waals surface area contributed by atoms with Gasteiger partial charge in [0.1, 0.15) is 0 Å². The summed E-state index contributed by atoms with van der Waals surface area (Å²) in [4.78, 5) is 1.86. The number of benzene rings is 2. The summed E-state index contributed by atoms with van der Waals surface area (Å²) < 4.78 is 30.7. The molecule has 22 heavy (non-hydrogen) atoms. The maximum Gasteiger partial charge on any atom is 0.294 e. The summed E-state index contributed by atoms with van der Waals surface area (Å²) in [6.07, 6.45) is 1.66. The third-order valence-electron chi connectivity index (χ3n) is 2.97. The van der Waals surface area contributed by atoms with Gasteiger partial charge in [-0.1, -0.05) is 12.1 Å². The Morgan fingerprint density at radius 2 is 1.64 bits per heavy atom. The predicted octanol–water partition coefficient (Wildman–Crippen LogP) is 2.45. The van der Waals surface area contributed by atoms with E-state index in [1.165, 1.54) is 24.3 Å². The van der Waals surface area contributed by atoms with Crippen LogP contribution in [0.2, 0.25) is 0 Å². The highest BCUT2D eigenvalue weighted by molar-refractivity contribution is 7.85. The van der Waals surface area contributed by atoms with Gasteiger partial charge in [-0.25, -0.2) is 0 Å². The molecule has 0 amide bonds. The maximum absolute atomic E-state index is 10.9. The molecule has 0 unspecified atom stereocenters. The zero-order chi connectivity index (χ0) is 16.2. The Morgan fingerprint density at radius 3 is 2.14 bits per heavy atom. The number of hydrogen-bond acceptors (Lipinski definition) is 5. The van der Waals surface area contributed by atoms with Crippen molar-refractivity contribution in [3.8, 4) is 0 Å². The average molecular weight is 319 g/mol. The van der Waals surface area contributed by atoms with Gasteiger partial charge in [0.05, 0.1) is 16.8 Å². The third-order valence-corrected chi connectivity index (χ3v) is 3.84. The summed E-state index contributed by atoms with van der Waals surface area (Å²) in [5.74, 6) is 0. The van der Waals surface area contributed by atoms with Crippen LogP contribution in [0.5, 0.6) is 0 Å². The smallest absolute Gasteiger partial charge is 0.294 e. The van der Waals surface area contributed by atoms with Gasteiger partial charge in [-0.05, 0) is 42.0 Å². The van der Waals surface area contributed by atoms with E-state index in [1.54, 1.807) is 6.21 Å². The van der Waals surface area contributed by atoms with E-state index < -0.39 is 10.1 Å². The Balaban J connectivity index is 2.00. The van der Waals surface area contributed by atoms with Gasteiger partial charge in [0, 0.05) is 19.8 Å². The highest BCUT2D eigenvalue weighted by atomic mass is 32.2. The van der Waals surface area contributed by atoms with Gasteiger partial charge in [-0.3, -0.25) is 9.98 Å². The van der Waals surface area contributed by atoms with Crippen LogP contribution in [-0.2, 0) is 10.1 Å². The van der Waals surface area contributed by atoms with Crippen LogP contribution in [-0.4, -0.2) is 33.3 Å². The zero-order valence-corrected chi connectivity index (χ0v) is 13.1. The molecule has 0 saturated heterocycles. The first kappa shape index (κ1) is 16.0. The fraction of sp³-hybridized carbons (Fsp3) is 0.133. The minimum atomic E-state index is -4.16. The number of hydrazone groups is 1. The van der Waals surface area contributed by atoms with Gasteiger partial charge >= 0.3 is 0 Å². The lowest BCUT2D eigenvalue weighted by Crippen LogP contribution is -2.08. The van der Waals surface area contributed by atoms with Gasteiger partial charge in [0.15, 0.2) is 0 Å². The monoisotopic (exact) mass is 319 g/mol. The highest BCUT2D eigenvalue weighted by Crippen LogP contribution is 2.14. The van der Waals surface area contributed by atoms with Crippen molar-refractivity contribution >= 4 is 27.7 Å². The lowest BCUT2D eigenvalue weighted by Gasteiger charge is -2.11. The second-order valence-corrected chi connectivity index (χ2v) is 6.28.